The second-order valence-corrected chi connectivity index (χ2v) is 12.9. The zero-order valence-corrected chi connectivity index (χ0v) is 27.9. The molecule has 4 rings (SSSR count). The molecule has 2 fully saturated rings. The van der Waals surface area contributed by atoms with Crippen LogP contribution in [0.2, 0.25) is 10.0 Å². The van der Waals surface area contributed by atoms with E-state index in [0.717, 1.165) is 68.6 Å². The maximum atomic E-state index is 13.5. The first-order chi connectivity index (χ1) is 21.5. The number of piperidine rings is 2. The Kier molecular flexibility index (Phi) is 12.5. The van der Waals surface area contributed by atoms with Gasteiger partial charge in [-0.3, -0.25) is 9.59 Å². The molecule has 2 aliphatic heterocycles. The normalized spacial score (nSPS) is 17.8. The molecule has 0 spiro atoms. The van der Waals surface area contributed by atoms with E-state index in [2.05, 4.69) is 20.1 Å². The second kappa shape index (κ2) is 16.3. The number of benzene rings is 2. The number of carbonyl (C=O) groups excluding carboxylic acids is 2. The van der Waals surface area contributed by atoms with E-state index in [1.165, 1.54) is 0 Å². The number of aryl methyl sites for hydroxylation is 2. The molecule has 0 radical (unpaired) electrons. The lowest BCUT2D eigenvalue weighted by atomic mass is 9.89. The van der Waals surface area contributed by atoms with Gasteiger partial charge in [0.15, 0.2) is 12.4 Å². The standard InChI is InChI=1S/C33H44Cl2N6O4/c1-22-16-23(2)18-25(17-22)33(43)39(3)20-30(38-45-21-31(36)37-44)27(24-7-8-28(34)29(35)19-24)11-15-40-13-9-26(10-14-40)41-12-5-4-6-32(41)42/h7-8,16-19,26-27,44H,4-6,9-15,20-21H2,1-3H3,(H2,36,37)/b38-30+. The minimum absolute atomic E-state index is 0.126. The van der Waals surface area contributed by atoms with Crippen LogP contribution < -0.4 is 5.73 Å². The lowest BCUT2D eigenvalue weighted by Crippen LogP contribution is -2.49. The molecule has 1 unspecified atom stereocenters. The van der Waals surface area contributed by atoms with Crippen molar-refractivity contribution in [2.45, 2.75) is 64.3 Å². The van der Waals surface area contributed by atoms with Crippen molar-refractivity contribution < 1.29 is 19.6 Å². The first-order valence-corrected chi connectivity index (χ1v) is 16.3. The number of amides is 2. The zero-order valence-electron chi connectivity index (χ0n) is 26.3. The summed E-state index contributed by atoms with van der Waals surface area (Å²) in [6, 6.07) is 11.6. The van der Waals surface area contributed by atoms with E-state index in [0.29, 0.717) is 40.2 Å². The Labute approximate surface area is 275 Å². The molecule has 3 N–H and O–H groups in total. The van der Waals surface area contributed by atoms with Crippen LogP contribution in [0, 0.1) is 13.8 Å². The number of hydrogen-bond acceptors (Lipinski definition) is 7. The highest BCUT2D eigenvalue weighted by molar-refractivity contribution is 6.42. The highest BCUT2D eigenvalue weighted by Gasteiger charge is 2.30. The summed E-state index contributed by atoms with van der Waals surface area (Å²) in [6.07, 6.45) is 5.29. The number of nitrogens with zero attached hydrogens (tertiary/aromatic N) is 5. The van der Waals surface area contributed by atoms with Gasteiger partial charge >= 0.3 is 0 Å². The predicted octanol–water partition coefficient (Wildman–Crippen LogP) is 5.45. The fourth-order valence-electron chi connectivity index (χ4n) is 6.28. The molecular formula is C33H44Cl2N6O4. The Morgan fingerprint density at radius 3 is 2.44 bits per heavy atom. The molecule has 0 saturated carbocycles. The van der Waals surface area contributed by atoms with Crippen molar-refractivity contribution >= 4 is 46.6 Å². The second-order valence-electron chi connectivity index (χ2n) is 12.1. The average molecular weight is 660 g/mol. The number of halogens is 2. The fourth-order valence-corrected chi connectivity index (χ4v) is 6.59. The predicted molar refractivity (Wildman–Crippen MR) is 179 cm³/mol. The molecule has 0 aliphatic carbocycles. The quantitative estimate of drug-likeness (QED) is 0.135. The molecular weight excluding hydrogens is 615 g/mol. The van der Waals surface area contributed by atoms with E-state index in [1.54, 1.807) is 18.0 Å². The minimum atomic E-state index is -0.275. The molecule has 0 bridgehead atoms. The molecule has 0 aromatic heterocycles. The number of hydrogen-bond donors (Lipinski definition) is 2. The summed E-state index contributed by atoms with van der Waals surface area (Å²) in [7, 11) is 1.73. The number of rotatable bonds is 12. The van der Waals surface area contributed by atoms with Crippen molar-refractivity contribution in [1.82, 2.24) is 14.7 Å². The molecule has 2 aromatic carbocycles. The van der Waals surface area contributed by atoms with E-state index in [4.69, 9.17) is 39.0 Å². The van der Waals surface area contributed by atoms with E-state index < -0.39 is 0 Å². The number of likely N-dealkylation sites (tertiary alicyclic amines) is 2. The third-order valence-electron chi connectivity index (χ3n) is 8.58. The van der Waals surface area contributed by atoms with Crippen molar-refractivity contribution in [2.24, 2.45) is 16.0 Å². The molecule has 12 heteroatoms. The summed E-state index contributed by atoms with van der Waals surface area (Å²) in [5, 5.41) is 17.3. The van der Waals surface area contributed by atoms with Crippen LogP contribution in [0.5, 0.6) is 0 Å². The Hall–Kier alpha value is -3.34. The molecule has 1 atom stereocenters. The number of nitrogens with two attached hydrogens (primary N) is 1. The third kappa shape index (κ3) is 9.58. The van der Waals surface area contributed by atoms with Crippen LogP contribution in [0.15, 0.2) is 46.7 Å². The van der Waals surface area contributed by atoms with Gasteiger partial charge in [-0.05, 0) is 82.3 Å². The van der Waals surface area contributed by atoms with Crippen molar-refractivity contribution in [3.63, 3.8) is 0 Å². The maximum Gasteiger partial charge on any atom is 0.253 e. The van der Waals surface area contributed by atoms with E-state index in [1.807, 2.05) is 44.2 Å². The van der Waals surface area contributed by atoms with E-state index >= 15 is 0 Å². The van der Waals surface area contributed by atoms with Crippen LogP contribution >= 0.6 is 23.2 Å². The Morgan fingerprint density at radius 1 is 1.09 bits per heavy atom. The molecule has 244 valence electrons. The summed E-state index contributed by atoms with van der Waals surface area (Å²) in [4.78, 5) is 37.7. The van der Waals surface area contributed by atoms with Gasteiger partial charge in [-0.25, -0.2) is 0 Å². The third-order valence-corrected chi connectivity index (χ3v) is 9.32. The van der Waals surface area contributed by atoms with Crippen molar-refractivity contribution in [3.8, 4) is 0 Å². The largest absolute Gasteiger partial charge is 0.409 e. The van der Waals surface area contributed by atoms with Gasteiger partial charge in [-0.2, -0.15) is 0 Å². The topological polar surface area (TPSA) is 124 Å². The van der Waals surface area contributed by atoms with E-state index in [9.17, 15) is 9.59 Å². The maximum absolute atomic E-state index is 13.5. The highest BCUT2D eigenvalue weighted by atomic mass is 35.5. The number of carbonyl (C=O) groups is 2. The Morgan fingerprint density at radius 2 is 1.80 bits per heavy atom. The van der Waals surface area contributed by atoms with Crippen LogP contribution in [0.4, 0.5) is 0 Å². The molecule has 10 nitrogen and oxygen atoms in total. The van der Waals surface area contributed by atoms with Crippen molar-refractivity contribution in [1.29, 1.82) is 0 Å². The molecule has 2 aliphatic rings. The molecule has 2 heterocycles. The van der Waals surface area contributed by atoms with Gasteiger partial charge in [-0.15, -0.1) is 0 Å². The lowest BCUT2D eigenvalue weighted by molar-refractivity contribution is -0.136. The van der Waals surface area contributed by atoms with Crippen LogP contribution in [0.1, 0.15) is 71.5 Å². The van der Waals surface area contributed by atoms with Gasteiger partial charge in [0.25, 0.3) is 5.91 Å². The average Bonchev–Trinajstić information content (AvgIpc) is 3.02. The van der Waals surface area contributed by atoms with Crippen LogP contribution in [0.25, 0.3) is 0 Å². The van der Waals surface area contributed by atoms with Crippen molar-refractivity contribution in [3.05, 3.63) is 68.7 Å². The van der Waals surface area contributed by atoms with Crippen LogP contribution in [-0.4, -0.2) is 95.7 Å². The molecule has 45 heavy (non-hydrogen) atoms. The van der Waals surface area contributed by atoms with Gasteiger partial charge in [0.05, 0.1) is 22.3 Å². The summed E-state index contributed by atoms with van der Waals surface area (Å²) in [5.74, 6) is -0.262. The van der Waals surface area contributed by atoms with Gasteiger partial charge in [0, 0.05) is 50.6 Å². The van der Waals surface area contributed by atoms with Gasteiger partial charge in [0.1, 0.15) is 0 Å². The number of oxime groups is 2. The van der Waals surface area contributed by atoms with Crippen molar-refractivity contribution in [2.75, 3.05) is 46.4 Å². The summed E-state index contributed by atoms with van der Waals surface area (Å²) >= 11 is 12.8. The molecule has 2 amide bonds. The van der Waals surface area contributed by atoms with Gasteiger partial charge in [0.2, 0.25) is 5.91 Å². The Balaban J connectivity index is 1.55. The number of amidine groups is 1. The van der Waals surface area contributed by atoms with Crippen LogP contribution in [0.3, 0.4) is 0 Å². The zero-order chi connectivity index (χ0) is 32.5. The first-order valence-electron chi connectivity index (χ1n) is 15.5. The minimum Gasteiger partial charge on any atom is -0.409 e. The molecule has 2 aromatic rings. The highest BCUT2D eigenvalue weighted by Crippen LogP contribution is 2.31. The van der Waals surface area contributed by atoms with Gasteiger partial charge < -0.3 is 30.5 Å². The Bertz CT molecular complexity index is 1390. The summed E-state index contributed by atoms with van der Waals surface area (Å²) < 4.78 is 0. The molecule has 2 saturated heterocycles. The summed E-state index contributed by atoms with van der Waals surface area (Å²) in [5.41, 5.74) is 9.72. The monoisotopic (exact) mass is 658 g/mol. The van der Waals surface area contributed by atoms with Crippen LogP contribution in [-0.2, 0) is 9.63 Å². The first kappa shape index (κ1) is 34.5. The SMILES string of the molecule is Cc1cc(C)cc(C(=O)N(C)C/C(=N\OC/C(N)=N/O)C(CCN2CCC(N3CCCCC3=O)CC2)c2ccc(Cl)c(Cl)c2)c1. The summed E-state index contributed by atoms with van der Waals surface area (Å²) in [6.45, 7) is 7.29. The smallest absolute Gasteiger partial charge is 0.253 e. The fraction of sp³-hybridized carbons (Fsp3) is 0.515. The van der Waals surface area contributed by atoms with E-state index in [-0.39, 0.29) is 36.7 Å². The van der Waals surface area contributed by atoms with Gasteiger partial charge in [-0.1, -0.05) is 56.8 Å². The lowest BCUT2D eigenvalue weighted by Gasteiger charge is -2.40.